The van der Waals surface area contributed by atoms with Crippen molar-refractivity contribution in [2.45, 2.75) is 6.54 Å². The molecule has 0 saturated heterocycles. The van der Waals surface area contributed by atoms with Crippen molar-refractivity contribution in [2.24, 2.45) is 5.11 Å². The lowest BCUT2D eigenvalue weighted by atomic mass is 10.2. The molecule has 0 atom stereocenters. The molecule has 62 valence electrons. The molecule has 0 aromatic heterocycles. The van der Waals surface area contributed by atoms with Crippen LogP contribution in [0.1, 0.15) is 5.56 Å². The minimum Gasteiger partial charge on any atom is -0.508 e. The van der Waals surface area contributed by atoms with Gasteiger partial charge in [0.05, 0.1) is 6.54 Å². The van der Waals surface area contributed by atoms with Crippen LogP contribution in [0.2, 0.25) is 0 Å². The molecule has 0 fully saturated rings. The third kappa shape index (κ3) is 2.15. The van der Waals surface area contributed by atoms with E-state index < -0.39 is 0 Å². The largest absolute Gasteiger partial charge is 0.508 e. The third-order valence-corrected chi connectivity index (χ3v) is 2.11. The Morgan fingerprint density at radius 1 is 1.58 bits per heavy atom. The van der Waals surface area contributed by atoms with Gasteiger partial charge < -0.3 is 5.11 Å². The summed E-state index contributed by atoms with van der Waals surface area (Å²) in [7, 11) is 0. The number of phenolic OH excluding ortho intramolecular Hbond substituents is 1. The van der Waals surface area contributed by atoms with Crippen LogP contribution in [0.3, 0.4) is 0 Å². The van der Waals surface area contributed by atoms with E-state index in [4.69, 9.17) is 10.6 Å². The molecule has 0 spiro atoms. The summed E-state index contributed by atoms with van der Waals surface area (Å²) >= 11 is 3.27. The highest BCUT2D eigenvalue weighted by Gasteiger charge is 1.98. The molecule has 1 aromatic rings. The van der Waals surface area contributed by atoms with Gasteiger partial charge in [-0.25, -0.2) is 0 Å². The van der Waals surface area contributed by atoms with Crippen molar-refractivity contribution in [1.29, 1.82) is 0 Å². The fourth-order valence-corrected chi connectivity index (χ4v) is 1.16. The minimum atomic E-state index is 0.168. The van der Waals surface area contributed by atoms with E-state index in [1.54, 1.807) is 18.2 Å². The summed E-state index contributed by atoms with van der Waals surface area (Å²) < 4.78 is 0.827. The molecule has 1 rings (SSSR count). The van der Waals surface area contributed by atoms with Crippen molar-refractivity contribution in [2.75, 3.05) is 0 Å². The quantitative estimate of drug-likeness (QED) is 0.471. The van der Waals surface area contributed by atoms with Crippen LogP contribution in [0, 0.1) is 0 Å². The van der Waals surface area contributed by atoms with Gasteiger partial charge in [-0.15, -0.1) is 0 Å². The Kier molecular flexibility index (Phi) is 2.96. The Bertz CT molecular complexity index is 333. The van der Waals surface area contributed by atoms with E-state index in [-0.39, 0.29) is 12.3 Å². The van der Waals surface area contributed by atoms with Crippen LogP contribution in [-0.4, -0.2) is 5.11 Å². The van der Waals surface area contributed by atoms with Gasteiger partial charge in [-0.1, -0.05) is 21.0 Å². The monoisotopic (exact) mass is 227 g/mol. The van der Waals surface area contributed by atoms with Crippen molar-refractivity contribution in [3.8, 4) is 5.75 Å². The lowest BCUT2D eigenvalue weighted by Gasteiger charge is -1.99. The van der Waals surface area contributed by atoms with E-state index in [1.165, 1.54) is 0 Å². The van der Waals surface area contributed by atoms with E-state index in [0.29, 0.717) is 0 Å². The van der Waals surface area contributed by atoms with Crippen molar-refractivity contribution in [1.82, 2.24) is 0 Å². The summed E-state index contributed by atoms with van der Waals surface area (Å²) in [6.45, 7) is 0.242. The Morgan fingerprint density at radius 2 is 2.33 bits per heavy atom. The van der Waals surface area contributed by atoms with Gasteiger partial charge in [0, 0.05) is 9.38 Å². The zero-order valence-electron chi connectivity index (χ0n) is 6.11. The fraction of sp³-hybridized carbons (Fsp3) is 0.143. The van der Waals surface area contributed by atoms with Crippen molar-refractivity contribution in [3.05, 3.63) is 38.7 Å². The van der Waals surface area contributed by atoms with Gasteiger partial charge in [0.15, 0.2) is 0 Å². The Balaban J connectivity index is 2.96. The first kappa shape index (κ1) is 8.90. The molecule has 0 radical (unpaired) electrons. The second kappa shape index (κ2) is 3.99. The summed E-state index contributed by atoms with van der Waals surface area (Å²) in [6, 6.07) is 4.82. The van der Waals surface area contributed by atoms with Gasteiger partial charge in [-0.2, -0.15) is 0 Å². The predicted octanol–water partition coefficient (Wildman–Crippen LogP) is 2.97. The smallest absolute Gasteiger partial charge is 0.115 e. The molecule has 0 aliphatic heterocycles. The molecule has 0 unspecified atom stereocenters. The van der Waals surface area contributed by atoms with Crippen molar-refractivity contribution < 1.29 is 5.11 Å². The first-order valence-corrected chi connectivity index (χ1v) is 4.01. The standard InChI is InChI=1S/C7H6BrN3O/c8-7-2-1-6(12)3-5(7)4-10-11-9/h1-3,12H,4H2. The fourth-order valence-electron chi connectivity index (χ4n) is 0.790. The van der Waals surface area contributed by atoms with Gasteiger partial charge >= 0.3 is 0 Å². The average Bonchev–Trinajstić information content (AvgIpc) is 2.07. The maximum atomic E-state index is 9.08. The number of aromatic hydroxyl groups is 1. The maximum Gasteiger partial charge on any atom is 0.115 e. The summed E-state index contributed by atoms with van der Waals surface area (Å²) in [6.07, 6.45) is 0. The molecule has 4 nitrogen and oxygen atoms in total. The van der Waals surface area contributed by atoms with Crippen LogP contribution in [0.5, 0.6) is 5.75 Å². The van der Waals surface area contributed by atoms with E-state index in [9.17, 15) is 0 Å². The van der Waals surface area contributed by atoms with Gasteiger partial charge in [-0.3, -0.25) is 0 Å². The molecule has 0 amide bonds. The molecule has 0 saturated carbocycles. The molecule has 12 heavy (non-hydrogen) atoms. The van der Waals surface area contributed by atoms with Crippen LogP contribution in [0.15, 0.2) is 27.8 Å². The number of nitrogens with zero attached hydrogens (tertiary/aromatic N) is 3. The summed E-state index contributed by atoms with van der Waals surface area (Å²) in [4.78, 5) is 2.62. The van der Waals surface area contributed by atoms with Crippen molar-refractivity contribution in [3.63, 3.8) is 0 Å². The van der Waals surface area contributed by atoms with Gasteiger partial charge in [-0.05, 0) is 29.3 Å². The number of rotatable bonds is 2. The van der Waals surface area contributed by atoms with Crippen LogP contribution >= 0.6 is 15.9 Å². The van der Waals surface area contributed by atoms with Crippen LogP contribution < -0.4 is 0 Å². The maximum absolute atomic E-state index is 9.08. The molecule has 0 bridgehead atoms. The van der Waals surface area contributed by atoms with Gasteiger partial charge in [0.25, 0.3) is 0 Å². The molecule has 0 aliphatic carbocycles. The van der Waals surface area contributed by atoms with E-state index in [1.807, 2.05) is 0 Å². The van der Waals surface area contributed by atoms with E-state index >= 15 is 0 Å². The molecular formula is C7H6BrN3O. The van der Waals surface area contributed by atoms with Gasteiger partial charge in [0.1, 0.15) is 5.75 Å². The number of azide groups is 1. The first-order valence-electron chi connectivity index (χ1n) is 3.22. The van der Waals surface area contributed by atoms with Crippen molar-refractivity contribution >= 4 is 15.9 Å². The van der Waals surface area contributed by atoms with Crippen LogP contribution in [-0.2, 0) is 6.54 Å². The van der Waals surface area contributed by atoms with Crippen LogP contribution in [0.25, 0.3) is 10.4 Å². The highest BCUT2D eigenvalue weighted by atomic mass is 79.9. The van der Waals surface area contributed by atoms with Gasteiger partial charge in [0.2, 0.25) is 0 Å². The normalized spacial score (nSPS) is 9.08. The van der Waals surface area contributed by atoms with Crippen LogP contribution in [0.4, 0.5) is 0 Å². The van der Waals surface area contributed by atoms with E-state index in [2.05, 4.69) is 26.0 Å². The second-order valence-corrected chi connectivity index (χ2v) is 3.02. The predicted molar refractivity (Wildman–Crippen MR) is 48.7 cm³/mol. The number of benzene rings is 1. The molecule has 1 N–H and O–H groups in total. The minimum absolute atomic E-state index is 0.168. The Morgan fingerprint density at radius 3 is 3.00 bits per heavy atom. The number of hydrogen-bond donors (Lipinski definition) is 1. The molecule has 0 heterocycles. The Hall–Kier alpha value is -1.19. The summed E-state index contributed by atoms with van der Waals surface area (Å²) in [5.74, 6) is 0.168. The number of hydrogen-bond acceptors (Lipinski definition) is 2. The highest BCUT2D eigenvalue weighted by Crippen LogP contribution is 2.22. The topological polar surface area (TPSA) is 69.0 Å². The summed E-state index contributed by atoms with van der Waals surface area (Å²) in [5.41, 5.74) is 8.84. The zero-order chi connectivity index (χ0) is 8.97. The van der Waals surface area contributed by atoms with E-state index in [0.717, 1.165) is 10.0 Å². The SMILES string of the molecule is [N-]=[N+]=NCc1cc(O)ccc1Br. The molecule has 0 aliphatic rings. The lowest BCUT2D eigenvalue weighted by Crippen LogP contribution is -1.81. The summed E-state index contributed by atoms with van der Waals surface area (Å²) in [5, 5.41) is 12.5. The first-order chi connectivity index (χ1) is 5.74. The third-order valence-electron chi connectivity index (χ3n) is 1.33. The second-order valence-electron chi connectivity index (χ2n) is 2.16. The number of phenols is 1. The average molecular weight is 228 g/mol. The zero-order valence-corrected chi connectivity index (χ0v) is 7.69. The Labute approximate surface area is 77.6 Å². The molecule has 5 heteroatoms. The molecule has 1 aromatic carbocycles. The lowest BCUT2D eigenvalue weighted by molar-refractivity contribution is 0.474. The number of halogens is 1. The highest BCUT2D eigenvalue weighted by molar-refractivity contribution is 9.10. The molecular weight excluding hydrogens is 222 g/mol.